The number of carbonyl (C=O) groups is 3. The van der Waals surface area contributed by atoms with Crippen LogP contribution in [0.15, 0.2) is 40.9 Å². The van der Waals surface area contributed by atoms with Crippen molar-refractivity contribution in [2.45, 2.75) is 26.7 Å². The molecule has 2 aromatic carbocycles. The smallest absolute Gasteiger partial charge is 0.269 e. The van der Waals surface area contributed by atoms with Crippen LogP contribution in [0.25, 0.3) is 0 Å². The lowest BCUT2D eigenvalue weighted by molar-refractivity contribution is -0.124. The third-order valence-electron chi connectivity index (χ3n) is 3.93. The summed E-state index contributed by atoms with van der Waals surface area (Å²) in [5.74, 6) is -0.677. The number of halogens is 2. The molecule has 0 saturated carbocycles. The van der Waals surface area contributed by atoms with Gasteiger partial charge in [0.1, 0.15) is 5.75 Å². The van der Waals surface area contributed by atoms with E-state index in [9.17, 15) is 14.4 Å². The zero-order chi connectivity index (χ0) is 21.4. The highest BCUT2D eigenvalue weighted by Gasteiger charge is 2.12. The SMILES string of the molecule is CCOc1ccc(C(=O)NNC(=O)CCC(=O)Nc2cccc(Cl)c2C)cc1Br. The summed E-state index contributed by atoms with van der Waals surface area (Å²) in [4.78, 5) is 36.1. The van der Waals surface area contributed by atoms with E-state index in [1.165, 1.54) is 0 Å². The Balaban J connectivity index is 1.79. The molecule has 154 valence electrons. The Morgan fingerprint density at radius 3 is 2.48 bits per heavy atom. The second kappa shape index (κ2) is 10.8. The fourth-order valence-corrected chi connectivity index (χ4v) is 3.03. The normalized spacial score (nSPS) is 10.2. The number of rotatable bonds is 7. The Labute approximate surface area is 182 Å². The minimum absolute atomic E-state index is 0.0394. The first-order chi connectivity index (χ1) is 13.8. The van der Waals surface area contributed by atoms with Gasteiger partial charge in [0, 0.05) is 29.1 Å². The Hall–Kier alpha value is -2.58. The topological polar surface area (TPSA) is 96.5 Å². The van der Waals surface area contributed by atoms with Gasteiger partial charge in [0.25, 0.3) is 5.91 Å². The van der Waals surface area contributed by atoms with Crippen LogP contribution in [0.3, 0.4) is 0 Å². The lowest BCUT2D eigenvalue weighted by Gasteiger charge is -2.11. The van der Waals surface area contributed by atoms with Gasteiger partial charge >= 0.3 is 0 Å². The third kappa shape index (κ3) is 6.76. The molecule has 0 aliphatic carbocycles. The van der Waals surface area contributed by atoms with Crippen LogP contribution in [0.2, 0.25) is 5.02 Å². The van der Waals surface area contributed by atoms with Crippen LogP contribution in [0.4, 0.5) is 5.69 Å². The second-order valence-corrected chi connectivity index (χ2v) is 7.30. The lowest BCUT2D eigenvalue weighted by Crippen LogP contribution is -2.41. The monoisotopic (exact) mass is 481 g/mol. The third-order valence-corrected chi connectivity index (χ3v) is 4.96. The summed E-state index contributed by atoms with van der Waals surface area (Å²) >= 11 is 9.34. The molecule has 2 aromatic rings. The Bertz CT molecular complexity index is 921. The Morgan fingerprint density at radius 2 is 1.79 bits per heavy atom. The Kier molecular flexibility index (Phi) is 8.48. The van der Waals surface area contributed by atoms with Crippen molar-refractivity contribution in [3.8, 4) is 5.75 Å². The average Bonchev–Trinajstić information content (AvgIpc) is 2.69. The van der Waals surface area contributed by atoms with Gasteiger partial charge in [0.05, 0.1) is 11.1 Å². The van der Waals surface area contributed by atoms with Gasteiger partial charge in [0.2, 0.25) is 11.8 Å². The molecule has 0 bridgehead atoms. The standard InChI is InChI=1S/C20H21BrClN3O4/c1-3-29-17-8-7-13(11-14(17)21)20(28)25-24-19(27)10-9-18(26)23-16-6-4-5-15(22)12(16)2/h4-8,11H,3,9-10H2,1-2H3,(H,23,26)(H,24,27)(H,25,28). The highest BCUT2D eigenvalue weighted by molar-refractivity contribution is 9.10. The molecule has 29 heavy (non-hydrogen) atoms. The summed E-state index contributed by atoms with van der Waals surface area (Å²) < 4.78 is 6.02. The largest absolute Gasteiger partial charge is 0.493 e. The van der Waals surface area contributed by atoms with E-state index in [0.29, 0.717) is 33.1 Å². The first kappa shape index (κ1) is 22.7. The predicted octanol–water partition coefficient (Wildman–Crippen LogP) is 3.99. The molecule has 0 spiro atoms. The average molecular weight is 483 g/mol. The molecular weight excluding hydrogens is 462 g/mol. The summed E-state index contributed by atoms with van der Waals surface area (Å²) in [6.45, 7) is 4.16. The van der Waals surface area contributed by atoms with Gasteiger partial charge in [-0.3, -0.25) is 25.2 Å². The number of carbonyl (C=O) groups excluding carboxylic acids is 3. The molecule has 0 unspecified atom stereocenters. The van der Waals surface area contributed by atoms with E-state index in [0.717, 1.165) is 5.56 Å². The van der Waals surface area contributed by atoms with Crippen LogP contribution in [0.1, 0.15) is 35.7 Å². The quantitative estimate of drug-likeness (QED) is 0.520. The van der Waals surface area contributed by atoms with Crippen LogP contribution in [-0.2, 0) is 9.59 Å². The maximum absolute atomic E-state index is 12.1. The highest BCUT2D eigenvalue weighted by atomic mass is 79.9. The molecule has 0 radical (unpaired) electrons. The molecular formula is C20H21BrClN3O4. The fourth-order valence-electron chi connectivity index (χ4n) is 2.36. The molecule has 0 fully saturated rings. The van der Waals surface area contributed by atoms with Gasteiger partial charge in [0.15, 0.2) is 0 Å². The van der Waals surface area contributed by atoms with Crippen molar-refractivity contribution in [1.29, 1.82) is 0 Å². The summed E-state index contributed by atoms with van der Waals surface area (Å²) in [5, 5.41) is 3.26. The van der Waals surface area contributed by atoms with Gasteiger partial charge in [-0.25, -0.2) is 0 Å². The first-order valence-corrected chi connectivity index (χ1v) is 10.1. The van der Waals surface area contributed by atoms with Crippen molar-refractivity contribution in [3.63, 3.8) is 0 Å². The van der Waals surface area contributed by atoms with Gasteiger partial charge in [-0.15, -0.1) is 0 Å². The van der Waals surface area contributed by atoms with E-state index in [1.54, 1.807) is 43.3 Å². The van der Waals surface area contributed by atoms with Crippen molar-refractivity contribution >= 4 is 50.9 Å². The van der Waals surface area contributed by atoms with Crippen molar-refractivity contribution < 1.29 is 19.1 Å². The number of benzene rings is 2. The lowest BCUT2D eigenvalue weighted by atomic mass is 10.2. The molecule has 7 nitrogen and oxygen atoms in total. The van der Waals surface area contributed by atoms with E-state index in [2.05, 4.69) is 32.1 Å². The number of ether oxygens (including phenoxy) is 1. The molecule has 0 aliphatic heterocycles. The van der Waals surface area contributed by atoms with Crippen molar-refractivity contribution in [3.05, 3.63) is 57.0 Å². The zero-order valence-electron chi connectivity index (χ0n) is 16.0. The van der Waals surface area contributed by atoms with Crippen LogP contribution in [0.5, 0.6) is 5.75 Å². The molecule has 0 saturated heterocycles. The molecule has 0 atom stereocenters. The molecule has 3 N–H and O–H groups in total. The molecule has 9 heteroatoms. The number of nitrogens with one attached hydrogen (secondary N) is 3. The molecule has 3 amide bonds. The maximum Gasteiger partial charge on any atom is 0.269 e. The van der Waals surface area contributed by atoms with Crippen LogP contribution in [0, 0.1) is 6.92 Å². The number of hydrazine groups is 1. The van der Waals surface area contributed by atoms with Crippen LogP contribution in [-0.4, -0.2) is 24.3 Å². The number of hydrogen-bond acceptors (Lipinski definition) is 4. The Morgan fingerprint density at radius 1 is 1.07 bits per heavy atom. The van der Waals surface area contributed by atoms with E-state index in [1.807, 2.05) is 6.92 Å². The van der Waals surface area contributed by atoms with E-state index in [4.69, 9.17) is 16.3 Å². The minimum Gasteiger partial charge on any atom is -0.493 e. The number of amides is 3. The summed E-state index contributed by atoms with van der Waals surface area (Å²) in [6, 6.07) is 10.0. The van der Waals surface area contributed by atoms with Crippen LogP contribution >= 0.6 is 27.5 Å². The summed E-state index contributed by atoms with van der Waals surface area (Å²) in [6.07, 6.45) is -0.124. The van der Waals surface area contributed by atoms with Gasteiger partial charge in [-0.2, -0.15) is 0 Å². The highest BCUT2D eigenvalue weighted by Crippen LogP contribution is 2.26. The van der Waals surface area contributed by atoms with Crippen molar-refractivity contribution in [2.75, 3.05) is 11.9 Å². The molecule has 0 aromatic heterocycles. The second-order valence-electron chi connectivity index (χ2n) is 6.04. The number of hydrogen-bond donors (Lipinski definition) is 3. The predicted molar refractivity (Wildman–Crippen MR) is 115 cm³/mol. The van der Waals surface area contributed by atoms with Gasteiger partial charge < -0.3 is 10.1 Å². The first-order valence-electron chi connectivity index (χ1n) is 8.88. The minimum atomic E-state index is -0.485. The molecule has 0 heterocycles. The van der Waals surface area contributed by atoms with E-state index < -0.39 is 11.8 Å². The fraction of sp³-hybridized carbons (Fsp3) is 0.250. The van der Waals surface area contributed by atoms with E-state index >= 15 is 0 Å². The maximum atomic E-state index is 12.1. The van der Waals surface area contributed by atoms with Crippen molar-refractivity contribution in [2.24, 2.45) is 0 Å². The summed E-state index contributed by atoms with van der Waals surface area (Å²) in [7, 11) is 0. The number of anilines is 1. The molecule has 0 aliphatic rings. The van der Waals surface area contributed by atoms with Gasteiger partial charge in [-0.05, 0) is 65.7 Å². The van der Waals surface area contributed by atoms with E-state index in [-0.39, 0.29) is 18.7 Å². The molecule has 2 rings (SSSR count). The van der Waals surface area contributed by atoms with Gasteiger partial charge in [-0.1, -0.05) is 17.7 Å². The van der Waals surface area contributed by atoms with Crippen molar-refractivity contribution in [1.82, 2.24) is 10.9 Å². The zero-order valence-corrected chi connectivity index (χ0v) is 18.3. The van der Waals surface area contributed by atoms with Crippen LogP contribution < -0.4 is 20.9 Å². The summed E-state index contributed by atoms with van der Waals surface area (Å²) in [5.41, 5.74) is 6.30.